The van der Waals surface area contributed by atoms with Crippen molar-refractivity contribution in [1.29, 1.82) is 0 Å². The maximum absolute atomic E-state index is 3.45. The van der Waals surface area contributed by atoms with Gasteiger partial charge in [-0.2, -0.15) is 0 Å². The lowest BCUT2D eigenvalue weighted by molar-refractivity contribution is 0.212. The highest BCUT2D eigenvalue weighted by atomic mass is 15.1. The lowest BCUT2D eigenvalue weighted by Crippen LogP contribution is -2.31. The largest absolute Gasteiger partial charge is 0.313 e. The molecular formula is C18H30N2. The third-order valence-corrected chi connectivity index (χ3v) is 4.55. The second-order valence-corrected chi connectivity index (χ2v) is 6.11. The van der Waals surface area contributed by atoms with Crippen LogP contribution in [0.3, 0.4) is 0 Å². The van der Waals surface area contributed by atoms with Gasteiger partial charge in [0.05, 0.1) is 0 Å². The van der Waals surface area contributed by atoms with E-state index < -0.39 is 0 Å². The Morgan fingerprint density at radius 2 is 1.70 bits per heavy atom. The minimum atomic E-state index is 0.782. The Bertz CT molecular complexity index is 381. The molecule has 1 fully saturated rings. The predicted molar refractivity (Wildman–Crippen MR) is 86.8 cm³/mol. The zero-order valence-electron chi connectivity index (χ0n) is 13.2. The third-order valence-electron chi connectivity index (χ3n) is 4.55. The van der Waals surface area contributed by atoms with Crippen LogP contribution in [0.4, 0.5) is 0 Å². The van der Waals surface area contributed by atoms with E-state index in [2.05, 4.69) is 48.5 Å². The smallest absolute Gasteiger partial charge is 0.0236 e. The number of benzene rings is 1. The van der Waals surface area contributed by atoms with E-state index in [1.165, 1.54) is 49.7 Å². The van der Waals surface area contributed by atoms with Gasteiger partial charge in [0.2, 0.25) is 0 Å². The summed E-state index contributed by atoms with van der Waals surface area (Å²) in [5, 5.41) is 3.45. The third kappa shape index (κ3) is 4.60. The lowest BCUT2D eigenvalue weighted by Gasteiger charge is -2.28. The molecule has 0 aromatic heterocycles. The summed E-state index contributed by atoms with van der Waals surface area (Å²) in [5.41, 5.74) is 2.94. The molecular weight excluding hydrogens is 244 g/mol. The molecule has 1 N–H and O–H groups in total. The zero-order chi connectivity index (χ0) is 14.2. The van der Waals surface area contributed by atoms with E-state index in [0.29, 0.717) is 0 Å². The van der Waals surface area contributed by atoms with Crippen LogP contribution in [0.25, 0.3) is 0 Å². The first-order chi connectivity index (χ1) is 9.81. The summed E-state index contributed by atoms with van der Waals surface area (Å²) in [5.74, 6) is 0. The molecule has 2 rings (SSSR count). The zero-order valence-corrected chi connectivity index (χ0v) is 13.2. The van der Waals surface area contributed by atoms with Gasteiger partial charge in [-0.25, -0.2) is 0 Å². The molecule has 1 aromatic rings. The molecule has 0 aliphatic heterocycles. The fourth-order valence-electron chi connectivity index (χ4n) is 3.24. The highest BCUT2D eigenvalue weighted by Gasteiger charge is 2.17. The van der Waals surface area contributed by atoms with Gasteiger partial charge < -0.3 is 5.32 Å². The normalized spacial score (nSPS) is 17.4. The fourth-order valence-corrected chi connectivity index (χ4v) is 3.24. The average molecular weight is 274 g/mol. The molecule has 1 aliphatic rings. The SMILES string of the molecule is CCNCc1ccccc1CN(C)C1CCCCCC1. The van der Waals surface area contributed by atoms with E-state index in [4.69, 9.17) is 0 Å². The van der Waals surface area contributed by atoms with Gasteiger partial charge in [-0.3, -0.25) is 4.90 Å². The number of rotatable bonds is 6. The summed E-state index contributed by atoms with van der Waals surface area (Å²) < 4.78 is 0. The van der Waals surface area contributed by atoms with Crippen molar-refractivity contribution < 1.29 is 0 Å². The van der Waals surface area contributed by atoms with Gasteiger partial charge in [-0.15, -0.1) is 0 Å². The van der Waals surface area contributed by atoms with Crippen molar-refractivity contribution in [3.63, 3.8) is 0 Å². The first-order valence-electron chi connectivity index (χ1n) is 8.29. The summed E-state index contributed by atoms with van der Waals surface area (Å²) in [6.45, 7) is 5.28. The monoisotopic (exact) mass is 274 g/mol. The first-order valence-corrected chi connectivity index (χ1v) is 8.29. The molecule has 0 radical (unpaired) electrons. The van der Waals surface area contributed by atoms with E-state index in [9.17, 15) is 0 Å². The van der Waals surface area contributed by atoms with E-state index in [1.54, 1.807) is 0 Å². The Morgan fingerprint density at radius 3 is 2.35 bits per heavy atom. The molecule has 112 valence electrons. The van der Waals surface area contributed by atoms with Crippen molar-refractivity contribution in [2.24, 2.45) is 0 Å². The van der Waals surface area contributed by atoms with Crippen LogP contribution in [-0.2, 0) is 13.1 Å². The molecule has 0 heterocycles. The number of nitrogens with zero attached hydrogens (tertiary/aromatic N) is 1. The van der Waals surface area contributed by atoms with Gasteiger partial charge in [0, 0.05) is 19.1 Å². The van der Waals surface area contributed by atoms with Gasteiger partial charge >= 0.3 is 0 Å². The predicted octanol–water partition coefficient (Wildman–Crippen LogP) is 3.95. The van der Waals surface area contributed by atoms with Crippen molar-refractivity contribution in [1.82, 2.24) is 10.2 Å². The van der Waals surface area contributed by atoms with Crippen molar-refractivity contribution in [2.75, 3.05) is 13.6 Å². The molecule has 2 heteroatoms. The van der Waals surface area contributed by atoms with Gasteiger partial charge in [-0.05, 0) is 37.6 Å². The topological polar surface area (TPSA) is 15.3 Å². The molecule has 0 saturated heterocycles. The molecule has 2 nitrogen and oxygen atoms in total. The van der Waals surface area contributed by atoms with Crippen molar-refractivity contribution in [3.8, 4) is 0 Å². The first kappa shape index (κ1) is 15.5. The standard InChI is InChI=1S/C18H30N2/c1-3-19-14-16-10-8-9-11-17(16)15-20(2)18-12-6-4-5-7-13-18/h8-11,18-19H,3-7,12-15H2,1-2H3. The Morgan fingerprint density at radius 1 is 1.05 bits per heavy atom. The second-order valence-electron chi connectivity index (χ2n) is 6.11. The average Bonchev–Trinajstić information content (AvgIpc) is 2.75. The van der Waals surface area contributed by atoms with Gasteiger partial charge in [0.25, 0.3) is 0 Å². The van der Waals surface area contributed by atoms with E-state index in [-0.39, 0.29) is 0 Å². The minimum Gasteiger partial charge on any atom is -0.313 e. The summed E-state index contributed by atoms with van der Waals surface area (Å²) in [4.78, 5) is 2.58. The van der Waals surface area contributed by atoms with Gasteiger partial charge in [-0.1, -0.05) is 56.9 Å². The van der Waals surface area contributed by atoms with Crippen LogP contribution in [0.15, 0.2) is 24.3 Å². The quantitative estimate of drug-likeness (QED) is 0.790. The second kappa shape index (κ2) is 8.43. The Hall–Kier alpha value is -0.860. The summed E-state index contributed by atoms with van der Waals surface area (Å²) in [7, 11) is 2.31. The van der Waals surface area contributed by atoms with Gasteiger partial charge in [0.1, 0.15) is 0 Å². The maximum Gasteiger partial charge on any atom is 0.0236 e. The van der Waals surface area contributed by atoms with Crippen LogP contribution in [0.1, 0.15) is 56.6 Å². The van der Waals surface area contributed by atoms with E-state index >= 15 is 0 Å². The molecule has 0 unspecified atom stereocenters. The number of hydrogen-bond donors (Lipinski definition) is 1. The van der Waals surface area contributed by atoms with E-state index in [0.717, 1.165) is 25.7 Å². The molecule has 20 heavy (non-hydrogen) atoms. The van der Waals surface area contributed by atoms with Crippen LogP contribution >= 0.6 is 0 Å². The van der Waals surface area contributed by atoms with Crippen molar-refractivity contribution in [2.45, 2.75) is 64.6 Å². The molecule has 0 atom stereocenters. The Kier molecular flexibility index (Phi) is 6.55. The van der Waals surface area contributed by atoms with Crippen LogP contribution < -0.4 is 5.32 Å². The Balaban J connectivity index is 1.97. The molecule has 0 bridgehead atoms. The van der Waals surface area contributed by atoms with Crippen LogP contribution in [0.5, 0.6) is 0 Å². The highest BCUT2D eigenvalue weighted by Crippen LogP contribution is 2.23. The lowest BCUT2D eigenvalue weighted by atomic mass is 10.0. The minimum absolute atomic E-state index is 0.782. The molecule has 1 aromatic carbocycles. The maximum atomic E-state index is 3.45. The fraction of sp³-hybridized carbons (Fsp3) is 0.667. The van der Waals surface area contributed by atoms with Gasteiger partial charge in [0.15, 0.2) is 0 Å². The van der Waals surface area contributed by atoms with Crippen LogP contribution in [-0.4, -0.2) is 24.5 Å². The van der Waals surface area contributed by atoms with Crippen LogP contribution in [0, 0.1) is 0 Å². The van der Waals surface area contributed by atoms with E-state index in [1.807, 2.05) is 0 Å². The summed E-state index contributed by atoms with van der Waals surface area (Å²) in [6, 6.07) is 9.66. The summed E-state index contributed by atoms with van der Waals surface area (Å²) >= 11 is 0. The highest BCUT2D eigenvalue weighted by molar-refractivity contribution is 5.27. The van der Waals surface area contributed by atoms with Crippen molar-refractivity contribution >= 4 is 0 Å². The molecule has 1 saturated carbocycles. The van der Waals surface area contributed by atoms with Crippen LogP contribution in [0.2, 0.25) is 0 Å². The molecule has 0 amide bonds. The molecule has 0 spiro atoms. The summed E-state index contributed by atoms with van der Waals surface area (Å²) in [6.07, 6.45) is 8.45. The van der Waals surface area contributed by atoms with Crippen molar-refractivity contribution in [3.05, 3.63) is 35.4 Å². The number of nitrogens with one attached hydrogen (secondary N) is 1. The Labute approximate surface area is 124 Å². The molecule has 1 aliphatic carbocycles. The number of hydrogen-bond acceptors (Lipinski definition) is 2.